The summed E-state index contributed by atoms with van der Waals surface area (Å²) in [7, 11) is 1.57. The van der Waals surface area contributed by atoms with Gasteiger partial charge in [0.15, 0.2) is 5.82 Å². The summed E-state index contributed by atoms with van der Waals surface area (Å²) in [5.74, 6) is -0.402. The number of amides is 2. The highest BCUT2D eigenvalue weighted by Crippen LogP contribution is 2.28. The highest BCUT2D eigenvalue weighted by atomic mass is 19.1. The fourth-order valence-electron chi connectivity index (χ4n) is 3.35. The van der Waals surface area contributed by atoms with Crippen molar-refractivity contribution in [2.45, 2.75) is 13.3 Å². The predicted molar refractivity (Wildman–Crippen MR) is 106 cm³/mol. The summed E-state index contributed by atoms with van der Waals surface area (Å²) in [4.78, 5) is 26.7. The van der Waals surface area contributed by atoms with Crippen LogP contribution in [0.3, 0.4) is 0 Å². The maximum absolute atomic E-state index is 14.2. The minimum Gasteiger partial charge on any atom is -0.497 e. The van der Waals surface area contributed by atoms with Crippen molar-refractivity contribution in [3.63, 3.8) is 0 Å². The van der Waals surface area contributed by atoms with Crippen LogP contribution in [0.5, 0.6) is 5.75 Å². The average molecular weight is 410 g/mol. The molecule has 154 valence electrons. The summed E-state index contributed by atoms with van der Waals surface area (Å²) < 4.78 is 20.6. The van der Waals surface area contributed by atoms with Crippen molar-refractivity contribution in [1.29, 1.82) is 0 Å². The first-order valence-corrected chi connectivity index (χ1v) is 9.26. The van der Waals surface area contributed by atoms with Crippen molar-refractivity contribution in [1.82, 2.24) is 20.2 Å². The summed E-state index contributed by atoms with van der Waals surface area (Å²) in [6.07, 6.45) is 0.0953. The molecule has 2 amide bonds. The van der Waals surface area contributed by atoms with E-state index in [1.807, 2.05) is 0 Å². The number of benzene rings is 2. The predicted octanol–water partition coefficient (Wildman–Crippen LogP) is 2.11. The fourth-order valence-corrected chi connectivity index (χ4v) is 3.35. The van der Waals surface area contributed by atoms with Crippen LogP contribution in [0, 0.1) is 18.7 Å². The molecule has 1 N–H and O–H groups in total. The molecule has 4 rings (SSSR count). The van der Waals surface area contributed by atoms with Crippen molar-refractivity contribution >= 4 is 23.2 Å². The standard InChI is InChI=1S/C20H19FN6O3/c1-12-23-24-25-27(12)18-10-14(3-8-17(18)21)22-20(29)13-9-19(28)26(11-13)15-4-6-16(30-2)7-5-15/h3-8,10,13H,9,11H2,1-2H3,(H,22,29). The van der Waals surface area contributed by atoms with Gasteiger partial charge in [-0.05, 0) is 59.8 Å². The Balaban J connectivity index is 1.48. The number of carbonyl (C=O) groups excluding carboxylic acids is 2. The molecule has 1 atom stereocenters. The van der Waals surface area contributed by atoms with Gasteiger partial charge in [-0.2, -0.15) is 4.68 Å². The summed E-state index contributed by atoms with van der Waals surface area (Å²) in [5.41, 5.74) is 1.22. The number of nitrogens with one attached hydrogen (secondary N) is 1. The van der Waals surface area contributed by atoms with E-state index >= 15 is 0 Å². The molecule has 9 nitrogen and oxygen atoms in total. The molecule has 1 aliphatic rings. The summed E-state index contributed by atoms with van der Waals surface area (Å²) in [6, 6.07) is 11.2. The van der Waals surface area contributed by atoms with Crippen molar-refractivity contribution in [2.75, 3.05) is 23.9 Å². The summed E-state index contributed by atoms with van der Waals surface area (Å²) in [6.45, 7) is 1.90. The molecule has 1 fully saturated rings. The molecule has 10 heteroatoms. The van der Waals surface area contributed by atoms with Crippen LogP contribution in [-0.2, 0) is 9.59 Å². The van der Waals surface area contributed by atoms with Gasteiger partial charge in [-0.15, -0.1) is 5.10 Å². The van der Waals surface area contributed by atoms with Crippen molar-refractivity contribution in [3.8, 4) is 11.4 Å². The van der Waals surface area contributed by atoms with Crippen LogP contribution in [0.25, 0.3) is 5.69 Å². The molecule has 1 aromatic heterocycles. The monoisotopic (exact) mass is 410 g/mol. The van der Waals surface area contributed by atoms with E-state index in [1.165, 1.54) is 22.9 Å². The van der Waals surface area contributed by atoms with E-state index in [-0.39, 0.29) is 30.5 Å². The molecule has 0 bridgehead atoms. The fraction of sp³-hybridized carbons (Fsp3) is 0.250. The lowest BCUT2D eigenvalue weighted by Gasteiger charge is -2.17. The number of rotatable bonds is 5. The number of ether oxygens (including phenoxy) is 1. The van der Waals surface area contributed by atoms with Crippen LogP contribution in [0.4, 0.5) is 15.8 Å². The van der Waals surface area contributed by atoms with E-state index < -0.39 is 11.7 Å². The van der Waals surface area contributed by atoms with Crippen molar-refractivity contribution in [3.05, 3.63) is 54.1 Å². The van der Waals surface area contributed by atoms with Gasteiger partial charge in [0.25, 0.3) is 0 Å². The van der Waals surface area contributed by atoms with Gasteiger partial charge in [0.1, 0.15) is 17.3 Å². The van der Waals surface area contributed by atoms with Gasteiger partial charge in [-0.25, -0.2) is 4.39 Å². The van der Waals surface area contributed by atoms with Gasteiger partial charge in [0, 0.05) is 24.3 Å². The smallest absolute Gasteiger partial charge is 0.229 e. The first-order chi connectivity index (χ1) is 14.5. The molecule has 1 unspecified atom stereocenters. The normalized spacial score (nSPS) is 16.0. The Morgan fingerprint density at radius 1 is 1.23 bits per heavy atom. The number of carbonyl (C=O) groups is 2. The first kappa shape index (κ1) is 19.5. The zero-order chi connectivity index (χ0) is 21.3. The van der Waals surface area contributed by atoms with Gasteiger partial charge in [-0.1, -0.05) is 0 Å². The molecule has 0 saturated carbocycles. The van der Waals surface area contributed by atoms with E-state index in [0.717, 1.165) is 0 Å². The van der Waals surface area contributed by atoms with E-state index in [0.29, 0.717) is 22.9 Å². The zero-order valence-electron chi connectivity index (χ0n) is 16.4. The Hall–Kier alpha value is -3.82. The van der Waals surface area contributed by atoms with Crippen LogP contribution in [0.2, 0.25) is 0 Å². The quantitative estimate of drug-likeness (QED) is 0.691. The average Bonchev–Trinajstić information content (AvgIpc) is 3.35. The van der Waals surface area contributed by atoms with Crippen LogP contribution < -0.4 is 15.0 Å². The topological polar surface area (TPSA) is 102 Å². The SMILES string of the molecule is COc1ccc(N2CC(C(=O)Nc3ccc(F)c(-n4nnnc4C)c3)CC2=O)cc1. The van der Waals surface area contributed by atoms with E-state index in [1.54, 1.807) is 43.2 Å². The number of hydrogen-bond acceptors (Lipinski definition) is 6. The van der Waals surface area contributed by atoms with Crippen molar-refractivity contribution < 1.29 is 18.7 Å². The molecule has 0 radical (unpaired) electrons. The molecule has 0 spiro atoms. The maximum Gasteiger partial charge on any atom is 0.229 e. The Kier molecular flexibility index (Phi) is 5.13. The molecular weight excluding hydrogens is 391 g/mol. The van der Waals surface area contributed by atoms with E-state index in [9.17, 15) is 14.0 Å². The number of aryl methyl sites for hydroxylation is 1. The number of aromatic nitrogens is 4. The van der Waals surface area contributed by atoms with Crippen LogP contribution in [-0.4, -0.2) is 45.7 Å². The minimum absolute atomic E-state index is 0.0953. The molecule has 2 aromatic carbocycles. The highest BCUT2D eigenvalue weighted by Gasteiger charge is 2.35. The lowest BCUT2D eigenvalue weighted by atomic mass is 10.1. The molecule has 1 saturated heterocycles. The Bertz CT molecular complexity index is 1100. The number of halogens is 1. The Morgan fingerprint density at radius 3 is 2.67 bits per heavy atom. The highest BCUT2D eigenvalue weighted by molar-refractivity contribution is 6.03. The van der Waals surface area contributed by atoms with Gasteiger partial charge in [-0.3, -0.25) is 9.59 Å². The van der Waals surface area contributed by atoms with Gasteiger partial charge in [0.05, 0.1) is 13.0 Å². The Morgan fingerprint density at radius 2 is 2.00 bits per heavy atom. The van der Waals surface area contributed by atoms with Gasteiger partial charge >= 0.3 is 0 Å². The van der Waals surface area contributed by atoms with Gasteiger partial charge in [0.2, 0.25) is 11.8 Å². The summed E-state index contributed by atoms with van der Waals surface area (Å²) >= 11 is 0. The van der Waals surface area contributed by atoms with Crippen molar-refractivity contribution in [2.24, 2.45) is 5.92 Å². The maximum atomic E-state index is 14.2. The third-order valence-electron chi connectivity index (χ3n) is 4.95. The number of nitrogens with zero attached hydrogens (tertiary/aromatic N) is 5. The third kappa shape index (κ3) is 3.71. The molecule has 30 heavy (non-hydrogen) atoms. The second-order valence-electron chi connectivity index (χ2n) is 6.90. The largest absolute Gasteiger partial charge is 0.497 e. The first-order valence-electron chi connectivity index (χ1n) is 9.26. The molecule has 2 heterocycles. The lowest BCUT2D eigenvalue weighted by molar-refractivity contribution is -0.122. The molecule has 0 aliphatic carbocycles. The molecule has 1 aliphatic heterocycles. The van der Waals surface area contributed by atoms with E-state index in [2.05, 4.69) is 20.8 Å². The van der Waals surface area contributed by atoms with Gasteiger partial charge < -0.3 is 15.0 Å². The van der Waals surface area contributed by atoms with E-state index in [4.69, 9.17) is 4.74 Å². The van der Waals surface area contributed by atoms with Crippen LogP contribution in [0.15, 0.2) is 42.5 Å². The number of tetrazole rings is 1. The second-order valence-corrected chi connectivity index (χ2v) is 6.90. The summed E-state index contributed by atoms with van der Waals surface area (Å²) in [5, 5.41) is 13.8. The van der Waals surface area contributed by atoms with Crippen LogP contribution in [0.1, 0.15) is 12.2 Å². The number of hydrogen-bond donors (Lipinski definition) is 1. The number of methoxy groups -OCH3 is 1. The Labute approximate surface area is 171 Å². The van der Waals surface area contributed by atoms with Crippen LogP contribution >= 0.6 is 0 Å². The molecular formula is C20H19FN6O3. The number of anilines is 2. The second kappa shape index (κ2) is 7.90. The zero-order valence-corrected chi connectivity index (χ0v) is 16.4. The minimum atomic E-state index is -0.525. The third-order valence-corrected chi connectivity index (χ3v) is 4.95. The lowest BCUT2D eigenvalue weighted by Crippen LogP contribution is -2.28. The molecule has 3 aromatic rings.